The SMILES string of the molecule is O=C(O)C[n+]1cc(=O)o[nH]1. The lowest BCUT2D eigenvalue weighted by Gasteiger charge is -1.78. The van der Waals surface area contributed by atoms with Gasteiger partial charge in [0.25, 0.3) is 12.7 Å². The molecule has 0 atom stereocenters. The molecule has 10 heavy (non-hydrogen) atoms. The van der Waals surface area contributed by atoms with E-state index in [1.54, 1.807) is 0 Å². The number of carboxylic acids is 1. The molecule has 0 aliphatic carbocycles. The predicted octanol–water partition coefficient (Wildman–Crippen LogP) is -1.66. The largest absolute Gasteiger partial charge is 0.476 e. The molecule has 0 amide bonds. The molecule has 1 rings (SSSR count). The van der Waals surface area contributed by atoms with Crippen LogP contribution < -0.4 is 10.3 Å². The zero-order chi connectivity index (χ0) is 7.56. The normalized spacial score (nSPS) is 9.60. The fraction of sp³-hybridized carbons (Fsp3) is 0.250. The van der Waals surface area contributed by atoms with Crippen molar-refractivity contribution in [3.8, 4) is 0 Å². The molecule has 6 nitrogen and oxygen atoms in total. The summed E-state index contributed by atoms with van der Waals surface area (Å²) in [6.45, 7) is -0.300. The van der Waals surface area contributed by atoms with Gasteiger partial charge < -0.3 is 5.11 Å². The number of aromatic nitrogens is 2. The summed E-state index contributed by atoms with van der Waals surface area (Å²) in [5.41, 5.74) is -0.596. The molecule has 6 heteroatoms. The minimum Gasteiger partial charge on any atom is -0.476 e. The molecule has 54 valence electrons. The van der Waals surface area contributed by atoms with Gasteiger partial charge in [-0.15, -0.1) is 0 Å². The highest BCUT2D eigenvalue weighted by atomic mass is 16.5. The Morgan fingerprint density at radius 3 is 3.00 bits per heavy atom. The van der Waals surface area contributed by atoms with Crippen LogP contribution in [0.5, 0.6) is 0 Å². The van der Waals surface area contributed by atoms with Crippen LogP contribution in [0.4, 0.5) is 0 Å². The van der Waals surface area contributed by atoms with Gasteiger partial charge in [0.05, 0.1) is 0 Å². The third kappa shape index (κ3) is 1.44. The molecule has 0 bridgehead atoms. The van der Waals surface area contributed by atoms with Crippen LogP contribution in [0.15, 0.2) is 15.5 Å². The van der Waals surface area contributed by atoms with Gasteiger partial charge in [-0.05, 0) is 5.27 Å². The molecule has 2 N–H and O–H groups in total. The molecule has 1 aromatic rings. The van der Waals surface area contributed by atoms with Crippen molar-refractivity contribution in [2.45, 2.75) is 6.54 Å². The van der Waals surface area contributed by atoms with Crippen molar-refractivity contribution in [3.05, 3.63) is 16.6 Å². The van der Waals surface area contributed by atoms with Crippen molar-refractivity contribution in [2.24, 2.45) is 0 Å². The van der Waals surface area contributed by atoms with Crippen LogP contribution in [0.1, 0.15) is 0 Å². The number of hydrogen-bond acceptors (Lipinski definition) is 3. The Bertz CT molecular complexity index is 285. The standard InChI is InChI=1S/C4H4N2O4/c7-3(8)1-6-2-4(9)10-5-6/h2H,1H2,(H-,5,7,8,9)/p+1. The Kier molecular flexibility index (Phi) is 1.53. The van der Waals surface area contributed by atoms with Crippen LogP contribution in [0.3, 0.4) is 0 Å². The average molecular weight is 145 g/mol. The summed E-state index contributed by atoms with van der Waals surface area (Å²) in [7, 11) is 0. The number of rotatable bonds is 2. The Balaban J connectivity index is 2.76. The summed E-state index contributed by atoms with van der Waals surface area (Å²) in [5, 5.41) is 10.3. The van der Waals surface area contributed by atoms with Gasteiger partial charge in [-0.25, -0.2) is 9.59 Å². The van der Waals surface area contributed by atoms with E-state index in [1.165, 1.54) is 0 Å². The molecule has 0 saturated heterocycles. The molecule has 0 unspecified atom stereocenters. The lowest BCUT2D eigenvalue weighted by Crippen LogP contribution is -2.39. The van der Waals surface area contributed by atoms with Gasteiger partial charge in [-0.2, -0.15) is 0 Å². The number of nitrogens with zero attached hydrogens (tertiary/aromatic N) is 1. The van der Waals surface area contributed by atoms with Gasteiger partial charge in [-0.3, -0.25) is 4.52 Å². The van der Waals surface area contributed by atoms with Crippen molar-refractivity contribution in [2.75, 3.05) is 0 Å². The molecule has 1 aromatic heterocycles. The Morgan fingerprint density at radius 2 is 2.60 bits per heavy atom. The molecule has 1 heterocycles. The molecular formula is C4H5N2O4+. The highest BCUT2D eigenvalue weighted by Crippen LogP contribution is 1.62. The second-order valence-corrected chi connectivity index (χ2v) is 1.66. The fourth-order valence-electron chi connectivity index (χ4n) is 0.507. The quantitative estimate of drug-likeness (QED) is 0.487. The number of nitrogens with one attached hydrogen (secondary N) is 1. The molecule has 0 aliphatic heterocycles. The summed E-state index contributed by atoms with van der Waals surface area (Å²) < 4.78 is 5.22. The van der Waals surface area contributed by atoms with E-state index in [-0.39, 0.29) is 6.54 Å². The number of aliphatic carboxylic acids is 1. The van der Waals surface area contributed by atoms with Crippen LogP contribution in [-0.2, 0) is 11.3 Å². The molecule has 0 fully saturated rings. The van der Waals surface area contributed by atoms with Crippen LogP contribution in [0, 0.1) is 0 Å². The topological polar surface area (TPSA) is 87.2 Å². The van der Waals surface area contributed by atoms with E-state index in [0.29, 0.717) is 0 Å². The lowest BCUT2D eigenvalue weighted by molar-refractivity contribution is -0.752. The van der Waals surface area contributed by atoms with Crippen molar-refractivity contribution >= 4 is 5.97 Å². The summed E-state index contributed by atoms with van der Waals surface area (Å²) in [6.07, 6.45) is 1.02. The van der Waals surface area contributed by atoms with Crippen molar-refractivity contribution in [3.63, 3.8) is 0 Å². The maximum Gasteiger partial charge on any atom is 0.426 e. The van der Waals surface area contributed by atoms with E-state index in [0.717, 1.165) is 10.9 Å². The van der Waals surface area contributed by atoms with Gasteiger partial charge in [0.1, 0.15) is 0 Å². The predicted molar refractivity (Wildman–Crippen MR) is 27.2 cm³/mol. The first kappa shape index (κ1) is 6.53. The molecule has 0 saturated carbocycles. The zero-order valence-corrected chi connectivity index (χ0v) is 4.90. The van der Waals surface area contributed by atoms with Crippen molar-refractivity contribution < 1.29 is 19.1 Å². The summed E-state index contributed by atoms with van der Waals surface area (Å²) in [4.78, 5) is 20.3. The number of aromatic amines is 1. The maximum absolute atomic E-state index is 10.3. The van der Waals surface area contributed by atoms with Crippen molar-refractivity contribution in [1.82, 2.24) is 5.27 Å². The Morgan fingerprint density at radius 1 is 1.90 bits per heavy atom. The highest BCUT2D eigenvalue weighted by Gasteiger charge is 2.09. The third-order valence-electron chi connectivity index (χ3n) is 0.830. The molecule has 0 aliphatic rings. The van der Waals surface area contributed by atoms with E-state index in [4.69, 9.17) is 5.11 Å². The van der Waals surface area contributed by atoms with Gasteiger partial charge in [0.2, 0.25) is 0 Å². The first-order chi connectivity index (χ1) is 4.68. The minimum absolute atomic E-state index is 0.300. The van der Waals surface area contributed by atoms with Gasteiger partial charge in [0.15, 0.2) is 0 Å². The zero-order valence-electron chi connectivity index (χ0n) is 4.90. The van der Waals surface area contributed by atoms with Gasteiger partial charge in [0, 0.05) is 0 Å². The third-order valence-corrected chi connectivity index (χ3v) is 0.830. The smallest absolute Gasteiger partial charge is 0.426 e. The monoisotopic (exact) mass is 145 g/mol. The summed E-state index contributed by atoms with van der Waals surface area (Å²) >= 11 is 0. The van der Waals surface area contributed by atoms with E-state index in [9.17, 15) is 9.59 Å². The second kappa shape index (κ2) is 2.34. The number of carboxylic acid groups (broad SMARTS) is 1. The van der Waals surface area contributed by atoms with Crippen LogP contribution in [0.25, 0.3) is 0 Å². The summed E-state index contributed by atoms with van der Waals surface area (Å²) in [5.74, 6) is -1.04. The Hall–Kier alpha value is -1.59. The van der Waals surface area contributed by atoms with Crippen LogP contribution in [0.2, 0.25) is 0 Å². The van der Waals surface area contributed by atoms with E-state index >= 15 is 0 Å². The number of hydrogen-bond donors (Lipinski definition) is 2. The van der Waals surface area contributed by atoms with Gasteiger partial charge in [-0.1, -0.05) is 4.68 Å². The van der Waals surface area contributed by atoms with E-state index < -0.39 is 11.6 Å². The van der Waals surface area contributed by atoms with Crippen LogP contribution >= 0.6 is 0 Å². The van der Waals surface area contributed by atoms with E-state index in [1.807, 2.05) is 0 Å². The summed E-state index contributed by atoms with van der Waals surface area (Å²) in [6, 6.07) is 0. The number of carbonyl (C=O) groups is 1. The minimum atomic E-state index is -1.04. The molecule has 0 radical (unpaired) electrons. The van der Waals surface area contributed by atoms with Crippen LogP contribution in [-0.4, -0.2) is 16.3 Å². The maximum atomic E-state index is 10.3. The molecular weight excluding hydrogens is 140 g/mol. The molecule has 0 spiro atoms. The number of H-pyrrole nitrogens is 1. The lowest BCUT2D eigenvalue weighted by atomic mass is 10.7. The highest BCUT2D eigenvalue weighted by molar-refractivity contribution is 5.64. The first-order valence-corrected chi connectivity index (χ1v) is 2.48. The second-order valence-electron chi connectivity index (χ2n) is 1.66. The Labute approximate surface area is 54.6 Å². The molecule has 0 aromatic carbocycles. The van der Waals surface area contributed by atoms with Gasteiger partial charge >= 0.3 is 11.6 Å². The average Bonchev–Trinajstić information content (AvgIpc) is 2.13. The van der Waals surface area contributed by atoms with Crippen molar-refractivity contribution in [1.29, 1.82) is 0 Å². The first-order valence-electron chi connectivity index (χ1n) is 2.48. The van der Waals surface area contributed by atoms with E-state index in [2.05, 4.69) is 9.79 Å². The fourth-order valence-corrected chi connectivity index (χ4v) is 0.507.